The summed E-state index contributed by atoms with van der Waals surface area (Å²) in [5.41, 5.74) is 1.33. The predicted molar refractivity (Wildman–Crippen MR) is 83.8 cm³/mol. The average molecular weight is 297 g/mol. The molecule has 0 radical (unpaired) electrons. The maximum atomic E-state index is 12.1. The van der Waals surface area contributed by atoms with Crippen LogP contribution in [0.4, 0.5) is 0 Å². The zero-order chi connectivity index (χ0) is 15.4. The van der Waals surface area contributed by atoms with Crippen molar-refractivity contribution in [3.05, 3.63) is 64.1 Å². The van der Waals surface area contributed by atoms with Gasteiger partial charge in [-0.25, -0.2) is 5.10 Å². The van der Waals surface area contributed by atoms with Gasteiger partial charge in [-0.2, -0.15) is 5.10 Å². The van der Waals surface area contributed by atoms with Gasteiger partial charge >= 0.3 is 0 Å². The molecule has 1 saturated carbocycles. The summed E-state index contributed by atoms with van der Waals surface area (Å²) in [6.45, 7) is 0. The third-order valence-electron chi connectivity index (χ3n) is 4.25. The zero-order valence-corrected chi connectivity index (χ0v) is 12.3. The second-order valence-corrected chi connectivity index (χ2v) is 5.74. The first-order chi connectivity index (χ1) is 10.7. The van der Waals surface area contributed by atoms with Crippen LogP contribution in [0.5, 0.6) is 0 Å². The Morgan fingerprint density at radius 3 is 2.41 bits per heavy atom. The molecule has 2 N–H and O–H groups in total. The van der Waals surface area contributed by atoms with E-state index >= 15 is 0 Å². The molecule has 0 spiro atoms. The van der Waals surface area contributed by atoms with Crippen molar-refractivity contribution >= 4 is 5.91 Å². The summed E-state index contributed by atoms with van der Waals surface area (Å²) in [7, 11) is 0. The Morgan fingerprint density at radius 1 is 1.05 bits per heavy atom. The Labute approximate surface area is 128 Å². The summed E-state index contributed by atoms with van der Waals surface area (Å²) in [6, 6.07) is 13.5. The van der Waals surface area contributed by atoms with Crippen LogP contribution in [0.2, 0.25) is 0 Å². The fraction of sp³-hybridized carbons (Fsp3) is 0.353. The molecule has 1 fully saturated rings. The Hall–Kier alpha value is -2.43. The van der Waals surface area contributed by atoms with Crippen LogP contribution in [0, 0.1) is 0 Å². The number of carbonyl (C=O) groups excluding carboxylic acids is 1. The topological polar surface area (TPSA) is 74.8 Å². The van der Waals surface area contributed by atoms with E-state index in [1.54, 1.807) is 0 Å². The number of amides is 1. The van der Waals surface area contributed by atoms with Gasteiger partial charge in [0.25, 0.3) is 11.5 Å². The highest BCUT2D eigenvalue weighted by atomic mass is 16.2. The lowest BCUT2D eigenvalue weighted by atomic mass is 9.82. The lowest BCUT2D eigenvalue weighted by molar-refractivity contribution is 0.0919. The van der Waals surface area contributed by atoms with Gasteiger partial charge in [-0.05, 0) is 43.2 Å². The molecule has 3 rings (SSSR count). The smallest absolute Gasteiger partial charge is 0.271 e. The molecule has 22 heavy (non-hydrogen) atoms. The van der Waals surface area contributed by atoms with Crippen LogP contribution in [0.15, 0.2) is 47.3 Å². The molecule has 0 bridgehead atoms. The van der Waals surface area contributed by atoms with E-state index < -0.39 is 0 Å². The Balaban J connectivity index is 1.54. The lowest BCUT2D eigenvalue weighted by Gasteiger charge is -2.29. The second-order valence-electron chi connectivity index (χ2n) is 5.74. The number of aromatic nitrogens is 2. The molecule has 1 aliphatic carbocycles. The zero-order valence-electron chi connectivity index (χ0n) is 12.3. The molecular weight excluding hydrogens is 278 g/mol. The number of aromatic amines is 1. The van der Waals surface area contributed by atoms with Crippen LogP contribution >= 0.6 is 0 Å². The van der Waals surface area contributed by atoms with Gasteiger partial charge < -0.3 is 5.32 Å². The molecule has 0 unspecified atom stereocenters. The van der Waals surface area contributed by atoms with E-state index in [9.17, 15) is 9.59 Å². The number of hydrogen-bond acceptors (Lipinski definition) is 3. The Morgan fingerprint density at radius 2 is 1.77 bits per heavy atom. The largest absolute Gasteiger partial charge is 0.348 e. The van der Waals surface area contributed by atoms with Crippen molar-refractivity contribution in [1.29, 1.82) is 0 Å². The first-order valence-corrected chi connectivity index (χ1v) is 7.64. The summed E-state index contributed by atoms with van der Waals surface area (Å²) in [5.74, 6) is 0.361. The van der Waals surface area contributed by atoms with Gasteiger partial charge in [-0.3, -0.25) is 9.59 Å². The number of nitrogens with one attached hydrogen (secondary N) is 2. The third kappa shape index (κ3) is 3.42. The summed E-state index contributed by atoms with van der Waals surface area (Å²) in [6.07, 6.45) is 4.09. The molecule has 1 aromatic carbocycles. The van der Waals surface area contributed by atoms with E-state index in [1.807, 2.05) is 6.07 Å². The standard InChI is InChI=1S/C17H19N3O2/c21-16-11-10-15(19-20-16)17(22)18-14-8-6-13(7-9-14)12-4-2-1-3-5-12/h1-5,10-11,13-14H,6-9H2,(H,18,22)(H,20,21). The first kappa shape index (κ1) is 14.5. The van der Waals surface area contributed by atoms with Crippen molar-refractivity contribution in [3.8, 4) is 0 Å². The third-order valence-corrected chi connectivity index (χ3v) is 4.25. The van der Waals surface area contributed by atoms with Gasteiger partial charge in [0.1, 0.15) is 5.69 Å². The van der Waals surface area contributed by atoms with Crippen LogP contribution in [-0.4, -0.2) is 22.1 Å². The summed E-state index contributed by atoms with van der Waals surface area (Å²) < 4.78 is 0. The van der Waals surface area contributed by atoms with Crippen LogP contribution in [-0.2, 0) is 0 Å². The van der Waals surface area contributed by atoms with Gasteiger partial charge in [0.2, 0.25) is 0 Å². The van der Waals surface area contributed by atoms with E-state index in [4.69, 9.17) is 0 Å². The van der Waals surface area contributed by atoms with Crippen molar-refractivity contribution in [3.63, 3.8) is 0 Å². The van der Waals surface area contributed by atoms with Crippen molar-refractivity contribution in [2.24, 2.45) is 0 Å². The highest BCUT2D eigenvalue weighted by Gasteiger charge is 2.24. The Kier molecular flexibility index (Phi) is 4.32. The minimum Gasteiger partial charge on any atom is -0.348 e. The average Bonchev–Trinajstić information content (AvgIpc) is 2.57. The number of hydrogen-bond donors (Lipinski definition) is 2. The Bertz CT molecular complexity index is 668. The van der Waals surface area contributed by atoms with Gasteiger partial charge in [0.15, 0.2) is 0 Å². The lowest BCUT2D eigenvalue weighted by Crippen LogP contribution is -2.38. The quantitative estimate of drug-likeness (QED) is 0.912. The molecule has 1 aromatic heterocycles. The van der Waals surface area contributed by atoms with Crippen LogP contribution < -0.4 is 10.9 Å². The van der Waals surface area contributed by atoms with E-state index in [-0.39, 0.29) is 23.2 Å². The van der Waals surface area contributed by atoms with Gasteiger partial charge in [0, 0.05) is 12.1 Å². The van der Waals surface area contributed by atoms with E-state index in [0.717, 1.165) is 25.7 Å². The highest BCUT2D eigenvalue weighted by Crippen LogP contribution is 2.32. The first-order valence-electron chi connectivity index (χ1n) is 7.64. The molecule has 5 heteroatoms. The molecule has 5 nitrogen and oxygen atoms in total. The number of benzene rings is 1. The number of rotatable bonds is 3. The van der Waals surface area contributed by atoms with Crippen molar-refractivity contribution in [2.45, 2.75) is 37.6 Å². The molecule has 2 aromatic rings. The molecule has 1 heterocycles. The number of nitrogens with zero attached hydrogens (tertiary/aromatic N) is 1. The van der Waals surface area contributed by atoms with Crippen molar-refractivity contribution < 1.29 is 4.79 Å². The van der Waals surface area contributed by atoms with E-state index in [1.165, 1.54) is 17.7 Å². The fourth-order valence-corrected chi connectivity index (χ4v) is 3.03. The normalized spacial score (nSPS) is 21.3. The predicted octanol–water partition coefficient (Wildman–Crippen LogP) is 2.23. The summed E-state index contributed by atoms with van der Waals surface area (Å²) in [5, 5.41) is 9.04. The van der Waals surface area contributed by atoms with Crippen molar-refractivity contribution in [1.82, 2.24) is 15.5 Å². The highest BCUT2D eigenvalue weighted by molar-refractivity contribution is 5.92. The molecular formula is C17H19N3O2. The van der Waals surface area contributed by atoms with Crippen molar-refractivity contribution in [2.75, 3.05) is 0 Å². The molecule has 1 aliphatic rings. The molecule has 0 aliphatic heterocycles. The maximum absolute atomic E-state index is 12.1. The van der Waals surface area contributed by atoms with E-state index in [2.05, 4.69) is 39.8 Å². The SMILES string of the molecule is O=C(NC1CCC(c2ccccc2)CC1)c1ccc(=O)[nH]n1. The van der Waals surface area contributed by atoms with Crippen LogP contribution in [0.25, 0.3) is 0 Å². The monoisotopic (exact) mass is 297 g/mol. The summed E-state index contributed by atoms with van der Waals surface area (Å²) >= 11 is 0. The molecule has 114 valence electrons. The molecule has 0 atom stereocenters. The second kappa shape index (κ2) is 6.56. The van der Waals surface area contributed by atoms with Crippen LogP contribution in [0.3, 0.4) is 0 Å². The summed E-state index contributed by atoms with van der Waals surface area (Å²) in [4.78, 5) is 23.0. The van der Waals surface area contributed by atoms with Gasteiger partial charge in [0.05, 0.1) is 0 Å². The van der Waals surface area contributed by atoms with E-state index in [0.29, 0.717) is 5.92 Å². The molecule has 1 amide bonds. The van der Waals surface area contributed by atoms with Gasteiger partial charge in [-0.15, -0.1) is 0 Å². The fourth-order valence-electron chi connectivity index (χ4n) is 3.03. The minimum atomic E-state index is -0.306. The molecule has 0 saturated heterocycles. The maximum Gasteiger partial charge on any atom is 0.271 e. The van der Waals surface area contributed by atoms with Gasteiger partial charge in [-0.1, -0.05) is 30.3 Å². The number of carbonyl (C=O) groups is 1. The number of H-pyrrole nitrogens is 1. The van der Waals surface area contributed by atoms with Crippen LogP contribution in [0.1, 0.15) is 47.7 Å². The minimum absolute atomic E-state index is 0.182.